The predicted molar refractivity (Wildman–Crippen MR) is 82.1 cm³/mol. The summed E-state index contributed by atoms with van der Waals surface area (Å²) in [5.41, 5.74) is 11.7. The summed E-state index contributed by atoms with van der Waals surface area (Å²) in [6.07, 6.45) is 2.66. The second-order valence-electron chi connectivity index (χ2n) is 5.20. The molecule has 1 aromatic rings. The second kappa shape index (κ2) is 7.44. The molecule has 108 valence electrons. The first-order chi connectivity index (χ1) is 9.67. The quantitative estimate of drug-likeness (QED) is 0.817. The van der Waals surface area contributed by atoms with Crippen LogP contribution in [-0.4, -0.2) is 30.4 Å². The van der Waals surface area contributed by atoms with Crippen molar-refractivity contribution in [3.8, 4) is 11.8 Å². The molecule has 0 aliphatic carbocycles. The third-order valence-corrected chi connectivity index (χ3v) is 4.49. The highest BCUT2D eigenvalue weighted by molar-refractivity contribution is 7.10. The van der Waals surface area contributed by atoms with Crippen LogP contribution in [0.3, 0.4) is 0 Å². The molecule has 1 aliphatic rings. The van der Waals surface area contributed by atoms with Gasteiger partial charge in [-0.1, -0.05) is 11.8 Å². The molecule has 0 bridgehead atoms. The van der Waals surface area contributed by atoms with Gasteiger partial charge < -0.3 is 11.5 Å². The van der Waals surface area contributed by atoms with Crippen LogP contribution in [0.1, 0.15) is 29.7 Å². The molecule has 1 aromatic heterocycles. The summed E-state index contributed by atoms with van der Waals surface area (Å²) in [5.74, 6) is 6.22. The Morgan fingerprint density at radius 2 is 2.20 bits per heavy atom. The fourth-order valence-corrected chi connectivity index (χ4v) is 3.39. The van der Waals surface area contributed by atoms with Crippen molar-refractivity contribution in [2.45, 2.75) is 25.8 Å². The topological polar surface area (TPSA) is 72.3 Å². The number of thiophene rings is 1. The number of carbonyl (C=O) groups is 1. The maximum Gasteiger partial charge on any atom is 0.217 e. The number of amides is 1. The molecule has 0 aromatic carbocycles. The highest BCUT2D eigenvalue weighted by atomic mass is 32.1. The summed E-state index contributed by atoms with van der Waals surface area (Å²) in [4.78, 5) is 14.7. The molecule has 0 spiro atoms. The molecule has 0 radical (unpaired) electrons. The van der Waals surface area contributed by atoms with E-state index in [0.29, 0.717) is 18.9 Å². The molecule has 5 heteroatoms. The van der Waals surface area contributed by atoms with Crippen LogP contribution in [0.5, 0.6) is 0 Å². The number of hydrogen-bond acceptors (Lipinski definition) is 4. The van der Waals surface area contributed by atoms with Gasteiger partial charge in [-0.25, -0.2) is 0 Å². The number of rotatable bonds is 4. The van der Waals surface area contributed by atoms with E-state index in [1.807, 2.05) is 0 Å². The number of nitrogens with two attached hydrogens (primary N) is 2. The number of likely N-dealkylation sites (tertiary alicyclic amines) is 1. The summed E-state index contributed by atoms with van der Waals surface area (Å²) in [7, 11) is 0. The average molecular weight is 291 g/mol. The van der Waals surface area contributed by atoms with Gasteiger partial charge >= 0.3 is 0 Å². The summed E-state index contributed by atoms with van der Waals surface area (Å²) in [6.45, 7) is 3.45. The molecule has 0 unspecified atom stereocenters. The van der Waals surface area contributed by atoms with E-state index in [1.165, 1.54) is 4.88 Å². The fourth-order valence-electron chi connectivity index (χ4n) is 2.54. The van der Waals surface area contributed by atoms with Gasteiger partial charge in [0.15, 0.2) is 0 Å². The van der Waals surface area contributed by atoms with Crippen LogP contribution in [0.15, 0.2) is 11.4 Å². The van der Waals surface area contributed by atoms with E-state index in [-0.39, 0.29) is 5.91 Å². The van der Waals surface area contributed by atoms with Crippen molar-refractivity contribution in [2.24, 2.45) is 17.4 Å². The number of carbonyl (C=O) groups excluding carboxylic acids is 1. The monoisotopic (exact) mass is 291 g/mol. The number of nitrogens with zero attached hydrogens (tertiary/aromatic N) is 1. The van der Waals surface area contributed by atoms with Crippen LogP contribution in [0.25, 0.3) is 0 Å². The third kappa shape index (κ3) is 4.64. The van der Waals surface area contributed by atoms with E-state index in [9.17, 15) is 4.79 Å². The number of piperidine rings is 1. The minimum Gasteiger partial charge on any atom is -0.370 e. The lowest BCUT2D eigenvalue weighted by Crippen LogP contribution is -2.34. The summed E-state index contributed by atoms with van der Waals surface area (Å²) in [5, 5.41) is 2.08. The second-order valence-corrected chi connectivity index (χ2v) is 6.19. The number of hydrogen-bond donors (Lipinski definition) is 2. The van der Waals surface area contributed by atoms with Crippen molar-refractivity contribution >= 4 is 17.2 Å². The van der Waals surface area contributed by atoms with Gasteiger partial charge in [-0.2, -0.15) is 0 Å². The Hall–Kier alpha value is -1.35. The molecule has 4 N–H and O–H groups in total. The maximum absolute atomic E-state index is 10.9. The van der Waals surface area contributed by atoms with Crippen molar-refractivity contribution in [2.75, 3.05) is 19.6 Å². The molecule has 0 atom stereocenters. The molecule has 1 aliphatic heterocycles. The van der Waals surface area contributed by atoms with Crippen LogP contribution in [0.4, 0.5) is 0 Å². The van der Waals surface area contributed by atoms with Gasteiger partial charge in [0.25, 0.3) is 0 Å². The third-order valence-electron chi connectivity index (χ3n) is 3.56. The molecule has 2 heterocycles. The van der Waals surface area contributed by atoms with Crippen LogP contribution in [-0.2, 0) is 11.3 Å². The van der Waals surface area contributed by atoms with Crippen molar-refractivity contribution in [1.29, 1.82) is 0 Å². The van der Waals surface area contributed by atoms with Crippen LogP contribution in [0.2, 0.25) is 0 Å². The number of primary amides is 1. The van der Waals surface area contributed by atoms with E-state index < -0.39 is 0 Å². The lowest BCUT2D eigenvalue weighted by molar-refractivity contribution is -0.119. The van der Waals surface area contributed by atoms with Gasteiger partial charge in [-0.3, -0.25) is 9.69 Å². The molecular weight excluding hydrogens is 270 g/mol. The Kier molecular flexibility index (Phi) is 5.60. The normalized spacial score (nSPS) is 16.6. The van der Waals surface area contributed by atoms with Gasteiger partial charge in [0, 0.05) is 28.8 Å². The van der Waals surface area contributed by atoms with Crippen molar-refractivity contribution < 1.29 is 4.79 Å². The molecule has 1 fully saturated rings. The van der Waals surface area contributed by atoms with E-state index in [2.05, 4.69) is 28.2 Å². The molecule has 0 saturated carbocycles. The van der Waals surface area contributed by atoms with Crippen LogP contribution in [0, 0.1) is 17.8 Å². The van der Waals surface area contributed by atoms with E-state index in [0.717, 1.165) is 38.0 Å². The fraction of sp³-hybridized carbons (Fsp3) is 0.533. The molecular formula is C15H21N3OS. The lowest BCUT2D eigenvalue weighted by Gasteiger charge is -2.31. The Labute approximate surface area is 124 Å². The van der Waals surface area contributed by atoms with Gasteiger partial charge in [0.2, 0.25) is 5.91 Å². The van der Waals surface area contributed by atoms with Crippen LogP contribution >= 0.6 is 11.3 Å². The Balaban J connectivity index is 1.80. The van der Waals surface area contributed by atoms with E-state index >= 15 is 0 Å². The van der Waals surface area contributed by atoms with Gasteiger partial charge in [-0.15, -0.1) is 11.3 Å². The van der Waals surface area contributed by atoms with Crippen molar-refractivity contribution in [1.82, 2.24) is 4.90 Å². The first-order valence-electron chi connectivity index (χ1n) is 6.94. The predicted octanol–water partition coefficient (Wildman–Crippen LogP) is 1.15. The zero-order valence-corrected chi connectivity index (χ0v) is 12.4. The highest BCUT2D eigenvalue weighted by Crippen LogP contribution is 2.23. The Morgan fingerprint density at radius 3 is 2.85 bits per heavy atom. The van der Waals surface area contributed by atoms with Gasteiger partial charge in [0.05, 0.1) is 6.54 Å². The highest BCUT2D eigenvalue weighted by Gasteiger charge is 2.20. The smallest absolute Gasteiger partial charge is 0.217 e. The van der Waals surface area contributed by atoms with Crippen molar-refractivity contribution in [3.05, 3.63) is 21.9 Å². The molecule has 1 amide bonds. The largest absolute Gasteiger partial charge is 0.370 e. The van der Waals surface area contributed by atoms with Crippen molar-refractivity contribution in [3.63, 3.8) is 0 Å². The molecule has 1 saturated heterocycles. The maximum atomic E-state index is 10.9. The van der Waals surface area contributed by atoms with E-state index in [1.54, 1.807) is 11.3 Å². The van der Waals surface area contributed by atoms with Gasteiger partial charge in [-0.05, 0) is 37.9 Å². The molecule has 2 rings (SSSR count). The first-order valence-corrected chi connectivity index (χ1v) is 7.82. The standard InChI is InChI=1S/C15H21N3OS/c16-5-1-2-13-8-14(20-11-13)10-18-6-3-12(4-7-18)9-15(17)19/h8,11-12H,3-7,9-10,16H2,(H2,17,19). The summed E-state index contributed by atoms with van der Waals surface area (Å²) >= 11 is 1.75. The minimum absolute atomic E-state index is 0.176. The minimum atomic E-state index is -0.176. The zero-order valence-electron chi connectivity index (χ0n) is 11.6. The average Bonchev–Trinajstić information content (AvgIpc) is 2.86. The lowest BCUT2D eigenvalue weighted by atomic mass is 9.93. The molecule has 4 nitrogen and oxygen atoms in total. The summed E-state index contributed by atoms with van der Waals surface area (Å²) in [6, 6.07) is 2.14. The Bertz CT molecular complexity index is 507. The summed E-state index contributed by atoms with van der Waals surface area (Å²) < 4.78 is 0. The zero-order chi connectivity index (χ0) is 14.4. The SMILES string of the molecule is NCC#Cc1csc(CN2CCC(CC(N)=O)CC2)c1. The van der Waals surface area contributed by atoms with E-state index in [4.69, 9.17) is 11.5 Å². The first kappa shape index (κ1) is 15.0. The van der Waals surface area contributed by atoms with Crippen LogP contribution < -0.4 is 11.5 Å². The molecule has 20 heavy (non-hydrogen) atoms. The Morgan fingerprint density at radius 1 is 1.45 bits per heavy atom. The van der Waals surface area contributed by atoms with Gasteiger partial charge in [0.1, 0.15) is 0 Å².